The highest BCUT2D eigenvalue weighted by Gasteiger charge is 2.35. The topological polar surface area (TPSA) is 88.2 Å². The van der Waals surface area contributed by atoms with Crippen molar-refractivity contribution in [2.45, 2.75) is 46.3 Å². The van der Waals surface area contributed by atoms with Gasteiger partial charge in [0.05, 0.1) is 13.8 Å². The number of alkyl carbamates (subject to hydrolysis) is 1. The van der Waals surface area contributed by atoms with Gasteiger partial charge in [-0.2, -0.15) is 0 Å². The Morgan fingerprint density at radius 1 is 1.09 bits per heavy atom. The molecule has 1 aliphatic heterocycles. The summed E-state index contributed by atoms with van der Waals surface area (Å²) in [7, 11) is 1.25. The first-order valence-corrected chi connectivity index (χ1v) is 7.66. The molecular formula is C15H27N3O5. The van der Waals surface area contributed by atoms with Crippen molar-refractivity contribution in [1.82, 2.24) is 15.1 Å². The van der Waals surface area contributed by atoms with Crippen molar-refractivity contribution in [3.05, 3.63) is 0 Å². The van der Waals surface area contributed by atoms with Crippen molar-refractivity contribution in [3.63, 3.8) is 0 Å². The quantitative estimate of drug-likeness (QED) is 0.845. The summed E-state index contributed by atoms with van der Waals surface area (Å²) in [5.74, 6) is -0.339. The zero-order valence-corrected chi connectivity index (χ0v) is 14.7. The predicted octanol–water partition coefficient (Wildman–Crippen LogP) is 1.40. The first-order valence-electron chi connectivity index (χ1n) is 7.66. The monoisotopic (exact) mass is 329 g/mol. The number of carbonyl (C=O) groups is 3. The molecule has 0 aliphatic carbocycles. The van der Waals surface area contributed by atoms with Gasteiger partial charge in [0, 0.05) is 13.1 Å². The average molecular weight is 329 g/mol. The minimum absolute atomic E-state index is 0.0998. The molecule has 132 valence electrons. The molecule has 0 aromatic rings. The molecular weight excluding hydrogens is 302 g/mol. The second kappa shape index (κ2) is 7.52. The molecule has 1 unspecified atom stereocenters. The number of rotatable bonds is 3. The number of methoxy groups -OCH3 is 1. The van der Waals surface area contributed by atoms with Gasteiger partial charge in [0.15, 0.2) is 0 Å². The first-order chi connectivity index (χ1) is 10.5. The smallest absolute Gasteiger partial charge is 0.411 e. The minimum Gasteiger partial charge on any atom is -0.453 e. The fourth-order valence-electron chi connectivity index (χ4n) is 2.14. The molecule has 8 nitrogen and oxygen atoms in total. The van der Waals surface area contributed by atoms with Gasteiger partial charge in [-0.25, -0.2) is 9.59 Å². The van der Waals surface area contributed by atoms with E-state index < -0.39 is 23.8 Å². The highest BCUT2D eigenvalue weighted by molar-refractivity contribution is 5.86. The molecule has 0 radical (unpaired) electrons. The lowest BCUT2D eigenvalue weighted by Crippen LogP contribution is -2.51. The van der Waals surface area contributed by atoms with E-state index in [-0.39, 0.29) is 18.5 Å². The summed E-state index contributed by atoms with van der Waals surface area (Å²) in [5.41, 5.74) is -0.582. The van der Waals surface area contributed by atoms with Crippen LogP contribution in [0.15, 0.2) is 0 Å². The Labute approximate surface area is 137 Å². The SMILES string of the molecule is COC(=O)NC(C(=O)N1CCN(C(=O)OC(C)(C)C)C1)C(C)C. The van der Waals surface area contributed by atoms with Crippen molar-refractivity contribution < 1.29 is 23.9 Å². The van der Waals surface area contributed by atoms with E-state index in [1.54, 1.807) is 20.8 Å². The van der Waals surface area contributed by atoms with Crippen LogP contribution >= 0.6 is 0 Å². The van der Waals surface area contributed by atoms with E-state index in [9.17, 15) is 14.4 Å². The average Bonchev–Trinajstić information content (AvgIpc) is 2.91. The van der Waals surface area contributed by atoms with Gasteiger partial charge < -0.3 is 19.7 Å². The predicted molar refractivity (Wildman–Crippen MR) is 83.7 cm³/mol. The van der Waals surface area contributed by atoms with Crippen LogP contribution in [0.25, 0.3) is 0 Å². The van der Waals surface area contributed by atoms with Crippen LogP contribution in [0.1, 0.15) is 34.6 Å². The van der Waals surface area contributed by atoms with Gasteiger partial charge >= 0.3 is 12.2 Å². The van der Waals surface area contributed by atoms with Crippen LogP contribution in [0.4, 0.5) is 9.59 Å². The molecule has 1 rings (SSSR count). The molecule has 1 fully saturated rings. The van der Waals surface area contributed by atoms with Gasteiger partial charge in [-0.15, -0.1) is 0 Å². The lowest BCUT2D eigenvalue weighted by Gasteiger charge is -2.27. The summed E-state index contributed by atoms with van der Waals surface area (Å²) in [6.07, 6.45) is -1.10. The van der Waals surface area contributed by atoms with Crippen LogP contribution < -0.4 is 5.32 Å². The molecule has 0 aromatic carbocycles. The zero-order chi connectivity index (χ0) is 17.8. The standard InChI is InChI=1S/C15H27N3O5/c1-10(2)11(16-13(20)22-6)12(19)17-7-8-18(9-17)14(21)23-15(3,4)5/h10-11H,7-9H2,1-6H3,(H,16,20). The second-order valence-electron chi connectivity index (χ2n) is 6.84. The molecule has 1 N–H and O–H groups in total. The largest absolute Gasteiger partial charge is 0.453 e. The highest BCUT2D eigenvalue weighted by Crippen LogP contribution is 2.15. The van der Waals surface area contributed by atoms with Crippen LogP contribution in [-0.4, -0.2) is 66.4 Å². The van der Waals surface area contributed by atoms with Crippen LogP contribution in [0, 0.1) is 5.92 Å². The summed E-state index contributed by atoms with van der Waals surface area (Å²) >= 11 is 0. The number of ether oxygens (including phenoxy) is 2. The molecule has 0 saturated carbocycles. The molecule has 1 saturated heterocycles. The third-order valence-corrected chi connectivity index (χ3v) is 3.34. The Hall–Kier alpha value is -1.99. The van der Waals surface area contributed by atoms with Crippen molar-refractivity contribution >= 4 is 18.1 Å². The molecule has 3 amide bonds. The van der Waals surface area contributed by atoms with E-state index in [1.807, 2.05) is 13.8 Å². The minimum atomic E-state index is -0.693. The van der Waals surface area contributed by atoms with Crippen LogP contribution in [0.5, 0.6) is 0 Å². The van der Waals surface area contributed by atoms with Gasteiger partial charge in [-0.05, 0) is 26.7 Å². The number of hydrogen-bond acceptors (Lipinski definition) is 5. The molecule has 0 bridgehead atoms. The maximum atomic E-state index is 12.6. The van der Waals surface area contributed by atoms with Crippen molar-refractivity contribution in [2.75, 3.05) is 26.9 Å². The molecule has 1 heterocycles. The Balaban J connectivity index is 2.67. The number of nitrogens with one attached hydrogen (secondary N) is 1. The molecule has 1 aliphatic rings. The molecule has 23 heavy (non-hydrogen) atoms. The lowest BCUT2D eigenvalue weighted by atomic mass is 10.0. The number of hydrogen-bond donors (Lipinski definition) is 1. The van der Waals surface area contributed by atoms with Gasteiger partial charge in [0.1, 0.15) is 11.6 Å². The summed E-state index contributed by atoms with van der Waals surface area (Å²) in [6.45, 7) is 10.0. The van der Waals surface area contributed by atoms with Gasteiger partial charge in [-0.1, -0.05) is 13.8 Å². The van der Waals surface area contributed by atoms with E-state index in [1.165, 1.54) is 16.9 Å². The Morgan fingerprint density at radius 2 is 1.65 bits per heavy atom. The lowest BCUT2D eigenvalue weighted by molar-refractivity contribution is -0.133. The normalized spacial score (nSPS) is 16.3. The molecule has 0 aromatic heterocycles. The molecule has 1 atom stereocenters. The molecule has 8 heteroatoms. The van der Waals surface area contributed by atoms with E-state index >= 15 is 0 Å². The fraction of sp³-hybridized carbons (Fsp3) is 0.800. The number of amides is 3. The Kier molecular flexibility index (Phi) is 6.23. The van der Waals surface area contributed by atoms with Gasteiger partial charge in [0.25, 0.3) is 0 Å². The van der Waals surface area contributed by atoms with Gasteiger partial charge in [-0.3, -0.25) is 9.69 Å². The highest BCUT2D eigenvalue weighted by atomic mass is 16.6. The van der Waals surface area contributed by atoms with Crippen molar-refractivity contribution in [1.29, 1.82) is 0 Å². The Morgan fingerprint density at radius 3 is 2.13 bits per heavy atom. The summed E-state index contributed by atoms with van der Waals surface area (Å²) < 4.78 is 9.85. The molecule has 0 spiro atoms. The maximum Gasteiger partial charge on any atom is 0.411 e. The Bertz CT molecular complexity index is 459. The number of nitrogens with zero attached hydrogens (tertiary/aromatic N) is 2. The second-order valence-corrected chi connectivity index (χ2v) is 6.84. The van der Waals surface area contributed by atoms with E-state index in [2.05, 4.69) is 10.1 Å². The van der Waals surface area contributed by atoms with Crippen molar-refractivity contribution in [2.24, 2.45) is 5.92 Å². The fourth-order valence-corrected chi connectivity index (χ4v) is 2.14. The van der Waals surface area contributed by atoms with Crippen LogP contribution in [-0.2, 0) is 14.3 Å². The van der Waals surface area contributed by atoms with Gasteiger partial charge in [0.2, 0.25) is 5.91 Å². The zero-order valence-electron chi connectivity index (χ0n) is 14.7. The summed E-state index contributed by atoms with van der Waals surface area (Å²) in [6, 6.07) is -0.693. The summed E-state index contributed by atoms with van der Waals surface area (Å²) in [4.78, 5) is 39.0. The summed E-state index contributed by atoms with van der Waals surface area (Å²) in [5, 5.41) is 2.54. The van der Waals surface area contributed by atoms with Crippen LogP contribution in [0.2, 0.25) is 0 Å². The van der Waals surface area contributed by atoms with E-state index in [0.29, 0.717) is 13.1 Å². The number of carbonyl (C=O) groups excluding carboxylic acids is 3. The third kappa shape index (κ3) is 5.61. The maximum absolute atomic E-state index is 12.6. The van der Waals surface area contributed by atoms with E-state index in [0.717, 1.165) is 0 Å². The first kappa shape index (κ1) is 19.1. The van der Waals surface area contributed by atoms with Crippen LogP contribution in [0.3, 0.4) is 0 Å². The van der Waals surface area contributed by atoms with E-state index in [4.69, 9.17) is 4.74 Å². The van der Waals surface area contributed by atoms with Crippen molar-refractivity contribution in [3.8, 4) is 0 Å². The third-order valence-electron chi connectivity index (χ3n) is 3.34.